The second kappa shape index (κ2) is 6.95. The van der Waals surface area contributed by atoms with Crippen molar-refractivity contribution in [3.8, 4) is 5.75 Å². The van der Waals surface area contributed by atoms with Gasteiger partial charge < -0.3 is 14.5 Å². The van der Waals surface area contributed by atoms with Crippen LogP contribution in [0.2, 0.25) is 0 Å². The predicted molar refractivity (Wildman–Crippen MR) is 104 cm³/mol. The Morgan fingerprint density at radius 2 is 2.00 bits per heavy atom. The van der Waals surface area contributed by atoms with Gasteiger partial charge in [-0.3, -0.25) is 9.59 Å². The van der Waals surface area contributed by atoms with Gasteiger partial charge in [-0.05, 0) is 37.3 Å². The van der Waals surface area contributed by atoms with E-state index in [1.54, 1.807) is 41.9 Å². The van der Waals surface area contributed by atoms with E-state index >= 15 is 0 Å². The van der Waals surface area contributed by atoms with Gasteiger partial charge in [0, 0.05) is 26.2 Å². The molecule has 8 nitrogen and oxygen atoms in total. The first-order valence-corrected chi connectivity index (χ1v) is 9.11. The zero-order chi connectivity index (χ0) is 19.8. The molecule has 4 rings (SSSR count). The van der Waals surface area contributed by atoms with Gasteiger partial charge in [-0.1, -0.05) is 17.3 Å². The Kier molecular flexibility index (Phi) is 4.46. The van der Waals surface area contributed by atoms with Crippen LogP contribution in [0.1, 0.15) is 17.3 Å². The van der Waals surface area contributed by atoms with Crippen molar-refractivity contribution in [2.45, 2.75) is 19.6 Å². The van der Waals surface area contributed by atoms with Crippen molar-refractivity contribution >= 4 is 28.5 Å². The van der Waals surface area contributed by atoms with E-state index in [0.29, 0.717) is 29.1 Å². The molecular formula is C20H21N5O3. The Morgan fingerprint density at radius 1 is 1.21 bits per heavy atom. The van der Waals surface area contributed by atoms with Crippen molar-refractivity contribution < 1.29 is 14.3 Å². The van der Waals surface area contributed by atoms with Crippen LogP contribution in [0.5, 0.6) is 5.75 Å². The number of hydrogen-bond acceptors (Lipinski definition) is 5. The summed E-state index contributed by atoms with van der Waals surface area (Å²) in [6.45, 7) is 2.83. The number of carbonyl (C=O) groups is 2. The van der Waals surface area contributed by atoms with Gasteiger partial charge in [-0.2, -0.15) is 0 Å². The van der Waals surface area contributed by atoms with Gasteiger partial charge in [0.1, 0.15) is 11.3 Å². The van der Waals surface area contributed by atoms with Gasteiger partial charge >= 0.3 is 0 Å². The van der Waals surface area contributed by atoms with Crippen LogP contribution in [0, 0.1) is 0 Å². The Balaban J connectivity index is 1.72. The summed E-state index contributed by atoms with van der Waals surface area (Å²) in [5.74, 6) is 0.120. The van der Waals surface area contributed by atoms with Crippen molar-refractivity contribution in [1.29, 1.82) is 0 Å². The maximum absolute atomic E-state index is 13.3. The Morgan fingerprint density at radius 3 is 2.75 bits per heavy atom. The zero-order valence-electron chi connectivity index (χ0n) is 16.0. The largest absolute Gasteiger partial charge is 0.476 e. The van der Waals surface area contributed by atoms with E-state index in [2.05, 4.69) is 10.3 Å². The monoisotopic (exact) mass is 379 g/mol. The fraction of sp³-hybridized carbons (Fsp3) is 0.300. The zero-order valence-corrected chi connectivity index (χ0v) is 16.0. The predicted octanol–water partition coefficient (Wildman–Crippen LogP) is 1.95. The van der Waals surface area contributed by atoms with Gasteiger partial charge in [0.25, 0.3) is 11.8 Å². The lowest BCUT2D eigenvalue weighted by Crippen LogP contribution is -2.50. The smallest absolute Gasteiger partial charge is 0.265 e. The summed E-state index contributed by atoms with van der Waals surface area (Å²) >= 11 is 0. The van der Waals surface area contributed by atoms with Crippen LogP contribution in [-0.2, 0) is 11.3 Å². The minimum absolute atomic E-state index is 0.145. The Hall–Kier alpha value is -3.42. The van der Waals surface area contributed by atoms with Crippen molar-refractivity contribution in [3.05, 3.63) is 48.0 Å². The SMILES string of the molecule is CCn1nnc2cc(C(=O)N3CC(C(=O)N(C)C)Oc4ccccc43)ccc21. The van der Waals surface area contributed by atoms with Crippen molar-refractivity contribution in [1.82, 2.24) is 19.9 Å². The third-order valence-corrected chi connectivity index (χ3v) is 4.80. The molecule has 28 heavy (non-hydrogen) atoms. The highest BCUT2D eigenvalue weighted by Crippen LogP contribution is 2.34. The second-order valence-electron chi connectivity index (χ2n) is 6.83. The molecule has 8 heteroatoms. The minimum Gasteiger partial charge on any atom is -0.476 e. The lowest BCUT2D eigenvalue weighted by molar-refractivity contribution is -0.135. The lowest BCUT2D eigenvalue weighted by atomic mass is 10.1. The van der Waals surface area contributed by atoms with E-state index in [9.17, 15) is 9.59 Å². The second-order valence-corrected chi connectivity index (χ2v) is 6.83. The first-order valence-electron chi connectivity index (χ1n) is 9.11. The molecule has 2 heterocycles. The molecule has 0 radical (unpaired) electrons. The molecule has 0 N–H and O–H groups in total. The molecule has 2 amide bonds. The molecule has 1 unspecified atom stereocenters. The van der Waals surface area contributed by atoms with Crippen LogP contribution in [-0.4, -0.2) is 58.5 Å². The normalized spacial score (nSPS) is 15.8. The molecule has 0 saturated heterocycles. The number of benzene rings is 2. The minimum atomic E-state index is -0.751. The molecule has 144 valence electrons. The highest BCUT2D eigenvalue weighted by atomic mass is 16.5. The van der Waals surface area contributed by atoms with Gasteiger partial charge in [-0.25, -0.2) is 4.68 Å². The summed E-state index contributed by atoms with van der Waals surface area (Å²) in [5.41, 5.74) is 2.67. The molecule has 0 bridgehead atoms. The summed E-state index contributed by atoms with van der Waals surface area (Å²) in [5, 5.41) is 8.23. The molecule has 0 fully saturated rings. The van der Waals surface area contributed by atoms with Crippen LogP contribution < -0.4 is 9.64 Å². The summed E-state index contributed by atoms with van der Waals surface area (Å²) in [6, 6.07) is 12.6. The first kappa shape index (κ1) is 18.0. The van der Waals surface area contributed by atoms with Crippen LogP contribution in [0.3, 0.4) is 0 Å². The number of aromatic nitrogens is 3. The maximum Gasteiger partial charge on any atom is 0.265 e. The standard InChI is InChI=1S/C20H21N5O3/c1-4-25-15-10-9-13(11-14(15)21-22-25)19(26)24-12-18(20(27)23(2)3)28-17-8-6-5-7-16(17)24/h5-11,18H,4,12H2,1-3H3. The number of carbonyl (C=O) groups excluding carboxylic acids is 2. The number of ether oxygens (including phenoxy) is 1. The summed E-state index contributed by atoms with van der Waals surface area (Å²) in [4.78, 5) is 28.8. The average Bonchev–Trinajstić information content (AvgIpc) is 3.14. The molecule has 1 aromatic heterocycles. The topological polar surface area (TPSA) is 80.6 Å². The number of rotatable bonds is 3. The molecule has 1 aliphatic rings. The van der Waals surface area contributed by atoms with Crippen LogP contribution in [0.4, 0.5) is 5.69 Å². The van der Waals surface area contributed by atoms with E-state index in [1.165, 1.54) is 4.90 Å². The molecule has 0 spiro atoms. The number of anilines is 1. The number of para-hydroxylation sites is 2. The van der Waals surface area contributed by atoms with Crippen LogP contribution >= 0.6 is 0 Å². The van der Waals surface area contributed by atoms with Gasteiger partial charge in [-0.15, -0.1) is 5.10 Å². The number of nitrogens with zero attached hydrogens (tertiary/aromatic N) is 5. The fourth-order valence-corrected chi connectivity index (χ4v) is 3.34. The molecular weight excluding hydrogens is 358 g/mol. The van der Waals surface area contributed by atoms with Crippen molar-refractivity contribution in [2.24, 2.45) is 0 Å². The molecule has 0 saturated carbocycles. The first-order chi connectivity index (χ1) is 13.5. The van der Waals surface area contributed by atoms with E-state index in [0.717, 1.165) is 5.52 Å². The molecule has 0 aliphatic carbocycles. The van der Waals surface area contributed by atoms with E-state index in [1.807, 2.05) is 31.2 Å². The Labute approximate surface area is 162 Å². The number of amides is 2. The highest BCUT2D eigenvalue weighted by molar-refractivity contribution is 6.09. The van der Waals surface area contributed by atoms with E-state index in [4.69, 9.17) is 4.74 Å². The molecule has 2 aromatic carbocycles. The fourth-order valence-electron chi connectivity index (χ4n) is 3.34. The quantitative estimate of drug-likeness (QED) is 0.695. The molecule has 1 aliphatic heterocycles. The van der Waals surface area contributed by atoms with Crippen molar-refractivity contribution in [2.75, 3.05) is 25.5 Å². The van der Waals surface area contributed by atoms with Crippen LogP contribution in [0.15, 0.2) is 42.5 Å². The summed E-state index contributed by atoms with van der Waals surface area (Å²) in [6.07, 6.45) is -0.751. The van der Waals surface area contributed by atoms with E-state index in [-0.39, 0.29) is 18.4 Å². The number of likely N-dealkylation sites (N-methyl/N-ethyl adjacent to an activating group) is 1. The van der Waals surface area contributed by atoms with Crippen molar-refractivity contribution in [3.63, 3.8) is 0 Å². The summed E-state index contributed by atoms with van der Waals surface area (Å²) < 4.78 is 7.63. The molecule has 1 atom stereocenters. The van der Waals surface area contributed by atoms with Gasteiger partial charge in [0.05, 0.1) is 17.7 Å². The van der Waals surface area contributed by atoms with Gasteiger partial charge in [0.2, 0.25) is 0 Å². The maximum atomic E-state index is 13.3. The number of hydrogen-bond donors (Lipinski definition) is 0. The van der Waals surface area contributed by atoms with E-state index < -0.39 is 6.10 Å². The average molecular weight is 379 g/mol. The lowest BCUT2D eigenvalue weighted by Gasteiger charge is -2.35. The highest BCUT2D eigenvalue weighted by Gasteiger charge is 2.35. The Bertz CT molecular complexity index is 1060. The number of aryl methyl sites for hydroxylation is 1. The third kappa shape index (κ3) is 2.96. The third-order valence-electron chi connectivity index (χ3n) is 4.80. The summed E-state index contributed by atoms with van der Waals surface area (Å²) in [7, 11) is 3.34. The van der Waals surface area contributed by atoms with Crippen LogP contribution in [0.25, 0.3) is 11.0 Å². The number of fused-ring (bicyclic) bond motifs is 2. The van der Waals surface area contributed by atoms with Gasteiger partial charge in [0.15, 0.2) is 6.10 Å². The molecule has 3 aromatic rings.